The number of carboxylic acid groups (broad SMARTS) is 1. The third kappa shape index (κ3) is 5.99. The van der Waals surface area contributed by atoms with Crippen molar-refractivity contribution < 1.29 is 27.9 Å². The second kappa shape index (κ2) is 9.09. The zero-order valence-corrected chi connectivity index (χ0v) is 16.6. The van der Waals surface area contributed by atoms with E-state index in [1.54, 1.807) is 36.4 Å². The number of urea groups is 1. The Hall–Kier alpha value is -3.52. The van der Waals surface area contributed by atoms with Crippen molar-refractivity contribution >= 4 is 35.0 Å². The van der Waals surface area contributed by atoms with Crippen molar-refractivity contribution in [2.45, 2.75) is 12.6 Å². The number of halogens is 4. The van der Waals surface area contributed by atoms with Crippen LogP contribution in [-0.2, 0) is 12.6 Å². The molecule has 0 aliphatic rings. The Bertz CT molecular complexity index is 1120. The molecule has 0 saturated carbocycles. The van der Waals surface area contributed by atoms with E-state index in [9.17, 15) is 22.8 Å². The molecular weight excluding hydrogens is 433 g/mol. The number of benzene rings is 3. The highest BCUT2D eigenvalue weighted by atomic mass is 35.5. The molecule has 0 spiro atoms. The molecule has 2 amide bonds. The summed E-state index contributed by atoms with van der Waals surface area (Å²) in [6, 6.07) is 15.7. The Morgan fingerprint density at radius 3 is 2.16 bits per heavy atom. The Kier molecular flexibility index (Phi) is 6.50. The maximum absolute atomic E-state index is 12.9. The molecule has 3 N–H and O–H groups in total. The summed E-state index contributed by atoms with van der Waals surface area (Å²) in [5.74, 6) is -1.00. The highest BCUT2D eigenvalue weighted by Crippen LogP contribution is 2.36. The minimum absolute atomic E-state index is 0.0517. The number of anilines is 2. The molecule has 3 aromatic rings. The highest BCUT2D eigenvalue weighted by molar-refractivity contribution is 6.31. The minimum atomic E-state index is -4.63. The Morgan fingerprint density at radius 2 is 1.52 bits per heavy atom. The number of amides is 2. The van der Waals surface area contributed by atoms with Crippen LogP contribution in [0.2, 0.25) is 5.02 Å². The number of nitrogens with one attached hydrogen (secondary N) is 2. The van der Waals surface area contributed by atoms with Crippen molar-refractivity contribution in [3.8, 4) is 0 Å². The maximum atomic E-state index is 12.9. The van der Waals surface area contributed by atoms with Crippen molar-refractivity contribution in [1.82, 2.24) is 0 Å². The molecule has 0 atom stereocenters. The number of rotatable bonds is 5. The Labute approximate surface area is 180 Å². The van der Waals surface area contributed by atoms with Gasteiger partial charge < -0.3 is 15.7 Å². The maximum Gasteiger partial charge on any atom is 0.417 e. The average Bonchev–Trinajstić information content (AvgIpc) is 2.70. The SMILES string of the molecule is O=C(Nc1ccc(Cc2cccc(C(=O)O)c2)cc1)Nc1ccc(Cl)c(C(F)(F)F)c1. The molecule has 0 saturated heterocycles. The molecule has 0 radical (unpaired) electrons. The van der Waals surface area contributed by atoms with E-state index in [0.717, 1.165) is 23.3 Å². The molecule has 0 fully saturated rings. The van der Waals surface area contributed by atoms with E-state index in [1.807, 2.05) is 6.07 Å². The molecule has 0 bridgehead atoms. The number of hydrogen-bond acceptors (Lipinski definition) is 2. The lowest BCUT2D eigenvalue weighted by atomic mass is 10.0. The predicted octanol–water partition coefficient (Wildman–Crippen LogP) is 6.29. The molecule has 0 unspecified atom stereocenters. The van der Waals surface area contributed by atoms with E-state index >= 15 is 0 Å². The topological polar surface area (TPSA) is 78.4 Å². The number of aromatic carboxylic acids is 1. The molecule has 5 nitrogen and oxygen atoms in total. The first-order valence-corrected chi connectivity index (χ1v) is 9.35. The summed E-state index contributed by atoms with van der Waals surface area (Å²) in [4.78, 5) is 23.2. The van der Waals surface area contributed by atoms with Gasteiger partial charge in [0.25, 0.3) is 0 Å². The minimum Gasteiger partial charge on any atom is -0.478 e. The Balaban J connectivity index is 1.63. The van der Waals surface area contributed by atoms with Crippen molar-refractivity contribution in [2.24, 2.45) is 0 Å². The van der Waals surface area contributed by atoms with E-state index in [0.29, 0.717) is 12.1 Å². The number of alkyl halides is 3. The van der Waals surface area contributed by atoms with Gasteiger partial charge in [-0.05, 0) is 60.0 Å². The normalized spacial score (nSPS) is 11.1. The van der Waals surface area contributed by atoms with Gasteiger partial charge in [0.15, 0.2) is 0 Å². The summed E-state index contributed by atoms with van der Waals surface area (Å²) in [7, 11) is 0. The zero-order chi connectivity index (χ0) is 22.6. The highest BCUT2D eigenvalue weighted by Gasteiger charge is 2.33. The Morgan fingerprint density at radius 1 is 0.871 bits per heavy atom. The van der Waals surface area contributed by atoms with Crippen molar-refractivity contribution in [2.75, 3.05) is 10.6 Å². The van der Waals surface area contributed by atoms with Gasteiger partial charge in [-0.15, -0.1) is 0 Å². The first kappa shape index (κ1) is 22.2. The number of hydrogen-bond donors (Lipinski definition) is 3. The summed E-state index contributed by atoms with van der Waals surface area (Å²) in [6.07, 6.45) is -4.14. The van der Waals surface area contributed by atoms with Crippen LogP contribution < -0.4 is 10.6 Å². The van der Waals surface area contributed by atoms with Crippen LogP contribution in [0.1, 0.15) is 27.0 Å². The van der Waals surface area contributed by atoms with Crippen molar-refractivity contribution in [3.63, 3.8) is 0 Å². The van der Waals surface area contributed by atoms with Gasteiger partial charge in [0.05, 0.1) is 16.1 Å². The molecule has 9 heteroatoms. The van der Waals surface area contributed by atoms with E-state index in [-0.39, 0.29) is 11.3 Å². The van der Waals surface area contributed by atoms with Crippen LogP contribution in [-0.4, -0.2) is 17.1 Å². The van der Waals surface area contributed by atoms with Gasteiger partial charge in [0.2, 0.25) is 0 Å². The smallest absolute Gasteiger partial charge is 0.417 e. The van der Waals surface area contributed by atoms with Crippen molar-refractivity contribution in [3.05, 3.63) is 94.0 Å². The van der Waals surface area contributed by atoms with E-state index in [2.05, 4.69) is 10.6 Å². The lowest BCUT2D eigenvalue weighted by Crippen LogP contribution is -2.20. The van der Waals surface area contributed by atoms with Gasteiger partial charge in [-0.1, -0.05) is 35.9 Å². The second-order valence-electron chi connectivity index (χ2n) is 6.65. The van der Waals surface area contributed by atoms with Crippen LogP contribution in [0.3, 0.4) is 0 Å². The second-order valence-corrected chi connectivity index (χ2v) is 7.06. The van der Waals surface area contributed by atoms with Crippen LogP contribution in [0.15, 0.2) is 66.7 Å². The monoisotopic (exact) mass is 448 g/mol. The first-order chi connectivity index (χ1) is 14.6. The van der Waals surface area contributed by atoms with Gasteiger partial charge in [0.1, 0.15) is 0 Å². The fraction of sp³-hybridized carbons (Fsp3) is 0.0909. The summed E-state index contributed by atoms with van der Waals surface area (Å²) in [5, 5.41) is 13.5. The first-order valence-electron chi connectivity index (χ1n) is 8.98. The molecule has 0 aromatic heterocycles. The molecule has 0 aliphatic heterocycles. The molecule has 0 heterocycles. The van der Waals surface area contributed by atoms with Gasteiger partial charge in [0, 0.05) is 11.4 Å². The molecular formula is C22H16ClF3N2O3. The van der Waals surface area contributed by atoms with Crippen LogP contribution >= 0.6 is 11.6 Å². The van der Waals surface area contributed by atoms with E-state index in [4.69, 9.17) is 16.7 Å². The van der Waals surface area contributed by atoms with Crippen LogP contribution in [0.4, 0.5) is 29.3 Å². The van der Waals surface area contributed by atoms with Crippen molar-refractivity contribution in [1.29, 1.82) is 0 Å². The number of carboxylic acids is 1. The third-order valence-electron chi connectivity index (χ3n) is 4.32. The van der Waals surface area contributed by atoms with Gasteiger partial charge in [-0.2, -0.15) is 13.2 Å². The average molecular weight is 449 g/mol. The predicted molar refractivity (Wildman–Crippen MR) is 112 cm³/mol. The molecule has 3 aromatic carbocycles. The summed E-state index contributed by atoms with van der Waals surface area (Å²) in [5.41, 5.74) is 1.25. The van der Waals surface area contributed by atoms with Gasteiger partial charge in [-0.25, -0.2) is 9.59 Å². The third-order valence-corrected chi connectivity index (χ3v) is 4.65. The summed E-state index contributed by atoms with van der Waals surface area (Å²) < 4.78 is 38.8. The van der Waals surface area contributed by atoms with Gasteiger partial charge >= 0.3 is 18.2 Å². The van der Waals surface area contributed by atoms with E-state index in [1.165, 1.54) is 12.1 Å². The largest absolute Gasteiger partial charge is 0.478 e. The summed E-state index contributed by atoms with van der Waals surface area (Å²) in [6.45, 7) is 0. The lowest BCUT2D eigenvalue weighted by Gasteiger charge is -2.12. The number of carbonyl (C=O) groups excluding carboxylic acids is 1. The molecule has 160 valence electrons. The summed E-state index contributed by atoms with van der Waals surface area (Å²) >= 11 is 5.57. The molecule has 0 aliphatic carbocycles. The fourth-order valence-electron chi connectivity index (χ4n) is 2.87. The molecule has 31 heavy (non-hydrogen) atoms. The quantitative estimate of drug-likeness (QED) is 0.429. The number of carbonyl (C=O) groups is 2. The van der Waals surface area contributed by atoms with Crippen LogP contribution in [0.25, 0.3) is 0 Å². The van der Waals surface area contributed by atoms with Crippen LogP contribution in [0.5, 0.6) is 0 Å². The lowest BCUT2D eigenvalue weighted by molar-refractivity contribution is -0.137. The standard InChI is InChI=1S/C22H16ClF3N2O3/c23-19-9-8-17(12-18(19)22(24,25)26)28-21(31)27-16-6-4-13(5-7-16)10-14-2-1-3-15(11-14)20(29)30/h1-9,11-12H,10H2,(H,29,30)(H2,27,28,31). The van der Waals surface area contributed by atoms with Gasteiger partial charge in [-0.3, -0.25) is 0 Å². The van der Waals surface area contributed by atoms with E-state index < -0.39 is 28.8 Å². The zero-order valence-electron chi connectivity index (χ0n) is 15.8. The van der Waals surface area contributed by atoms with Crippen LogP contribution in [0, 0.1) is 0 Å². The fourth-order valence-corrected chi connectivity index (χ4v) is 3.09. The molecule has 3 rings (SSSR count).